The van der Waals surface area contributed by atoms with E-state index >= 15 is 0 Å². The maximum atomic E-state index is 11.8. The number of aromatic nitrogens is 2. The summed E-state index contributed by atoms with van der Waals surface area (Å²) in [6, 6.07) is 5.81. The highest BCUT2D eigenvalue weighted by molar-refractivity contribution is 5.82. The molecule has 0 spiro atoms. The summed E-state index contributed by atoms with van der Waals surface area (Å²) < 4.78 is 4.86. The number of benzene rings is 1. The van der Waals surface area contributed by atoms with Crippen LogP contribution in [0.1, 0.15) is 25.3 Å². The van der Waals surface area contributed by atoms with Crippen LogP contribution >= 0.6 is 0 Å². The fourth-order valence-electron chi connectivity index (χ4n) is 2.07. The molecule has 0 saturated carbocycles. The highest BCUT2D eigenvalue weighted by Crippen LogP contribution is 2.27. The molecule has 90 valence electrons. The van der Waals surface area contributed by atoms with Crippen LogP contribution in [0.3, 0.4) is 0 Å². The van der Waals surface area contributed by atoms with E-state index in [1.807, 2.05) is 32.0 Å². The Hall–Kier alpha value is -1.84. The third-order valence-electron chi connectivity index (χ3n) is 2.93. The number of H-pyrrole nitrogens is 1. The molecule has 0 aliphatic heterocycles. The Labute approximate surface area is 100 Å². The van der Waals surface area contributed by atoms with E-state index in [2.05, 4.69) is 9.97 Å². The zero-order valence-corrected chi connectivity index (χ0v) is 10.2. The molecule has 0 aliphatic rings. The van der Waals surface area contributed by atoms with Gasteiger partial charge in [-0.15, -0.1) is 0 Å². The molecular weight excluding hydrogens is 216 g/mol. The van der Waals surface area contributed by atoms with Crippen LogP contribution in [0.5, 0.6) is 0 Å². The minimum Gasteiger partial charge on any atom is -0.469 e. The molecule has 1 unspecified atom stereocenters. The standard InChI is InChI=1S/C13H16N2O2/c1-8(2)12(13(16)17-3)9-4-5-10-11(6-9)15-7-14-10/h4-8,12H,1-3H3,(H,14,15). The van der Waals surface area contributed by atoms with Gasteiger partial charge in [0.2, 0.25) is 0 Å². The summed E-state index contributed by atoms with van der Waals surface area (Å²) in [5.41, 5.74) is 2.81. The smallest absolute Gasteiger partial charge is 0.313 e. The van der Waals surface area contributed by atoms with E-state index < -0.39 is 0 Å². The van der Waals surface area contributed by atoms with Gasteiger partial charge < -0.3 is 9.72 Å². The first-order valence-electron chi connectivity index (χ1n) is 5.64. The van der Waals surface area contributed by atoms with E-state index in [1.54, 1.807) is 6.33 Å². The summed E-state index contributed by atoms with van der Waals surface area (Å²) in [6.45, 7) is 4.03. The Balaban J connectivity index is 2.44. The first-order valence-corrected chi connectivity index (χ1v) is 5.64. The molecule has 1 N–H and O–H groups in total. The van der Waals surface area contributed by atoms with Gasteiger partial charge in [-0.1, -0.05) is 19.9 Å². The third-order valence-corrected chi connectivity index (χ3v) is 2.93. The van der Waals surface area contributed by atoms with Crippen molar-refractivity contribution in [3.8, 4) is 0 Å². The van der Waals surface area contributed by atoms with Crippen LogP contribution in [0.15, 0.2) is 24.5 Å². The van der Waals surface area contributed by atoms with Crippen LogP contribution in [0.2, 0.25) is 0 Å². The van der Waals surface area contributed by atoms with E-state index in [9.17, 15) is 4.79 Å². The van der Waals surface area contributed by atoms with Gasteiger partial charge in [-0.05, 0) is 23.6 Å². The molecule has 4 heteroatoms. The Morgan fingerprint density at radius 2 is 2.18 bits per heavy atom. The maximum absolute atomic E-state index is 11.8. The number of ether oxygens (including phenoxy) is 1. The van der Waals surface area contributed by atoms with E-state index in [4.69, 9.17) is 4.74 Å². The number of carbonyl (C=O) groups is 1. The van der Waals surface area contributed by atoms with Gasteiger partial charge in [0.1, 0.15) is 0 Å². The van der Waals surface area contributed by atoms with E-state index in [0.29, 0.717) is 0 Å². The van der Waals surface area contributed by atoms with Gasteiger partial charge in [0, 0.05) is 0 Å². The van der Waals surface area contributed by atoms with Crippen molar-refractivity contribution in [2.45, 2.75) is 19.8 Å². The molecule has 1 aromatic carbocycles. The van der Waals surface area contributed by atoms with E-state index in [1.165, 1.54) is 7.11 Å². The monoisotopic (exact) mass is 232 g/mol. The SMILES string of the molecule is COC(=O)C(c1ccc2nc[nH]c2c1)C(C)C. The molecule has 0 bridgehead atoms. The minimum atomic E-state index is -0.229. The van der Waals surface area contributed by atoms with Crippen molar-refractivity contribution in [2.24, 2.45) is 5.92 Å². The van der Waals surface area contributed by atoms with Gasteiger partial charge in [-0.3, -0.25) is 4.79 Å². The predicted octanol–water partition coefficient (Wildman–Crippen LogP) is 2.48. The van der Waals surface area contributed by atoms with Gasteiger partial charge in [0.25, 0.3) is 0 Å². The summed E-state index contributed by atoms with van der Waals surface area (Å²) >= 11 is 0. The fraction of sp³-hybridized carbons (Fsp3) is 0.385. The van der Waals surface area contributed by atoms with Crippen LogP contribution in [-0.4, -0.2) is 23.0 Å². The van der Waals surface area contributed by atoms with Crippen LogP contribution < -0.4 is 0 Å². The van der Waals surface area contributed by atoms with Gasteiger partial charge in [0.15, 0.2) is 0 Å². The van der Waals surface area contributed by atoms with Crippen LogP contribution in [-0.2, 0) is 9.53 Å². The van der Waals surface area contributed by atoms with Gasteiger partial charge in [-0.2, -0.15) is 0 Å². The molecular formula is C13H16N2O2. The summed E-state index contributed by atoms with van der Waals surface area (Å²) in [5, 5.41) is 0. The molecule has 17 heavy (non-hydrogen) atoms. The van der Waals surface area contributed by atoms with Gasteiger partial charge >= 0.3 is 5.97 Å². The molecule has 0 radical (unpaired) electrons. The number of nitrogens with zero attached hydrogens (tertiary/aromatic N) is 1. The number of hydrogen-bond acceptors (Lipinski definition) is 3. The largest absolute Gasteiger partial charge is 0.469 e. The lowest BCUT2D eigenvalue weighted by molar-refractivity contribution is -0.143. The lowest BCUT2D eigenvalue weighted by Gasteiger charge is -2.18. The number of fused-ring (bicyclic) bond motifs is 1. The van der Waals surface area contributed by atoms with Crippen LogP contribution in [0.25, 0.3) is 11.0 Å². The van der Waals surface area contributed by atoms with E-state index in [0.717, 1.165) is 16.6 Å². The summed E-state index contributed by atoms with van der Waals surface area (Å²) in [4.78, 5) is 19.0. The molecule has 2 rings (SSSR count). The maximum Gasteiger partial charge on any atom is 0.313 e. The lowest BCUT2D eigenvalue weighted by atomic mass is 9.88. The molecule has 0 aliphatic carbocycles. The highest BCUT2D eigenvalue weighted by atomic mass is 16.5. The predicted molar refractivity (Wildman–Crippen MR) is 65.7 cm³/mol. The highest BCUT2D eigenvalue weighted by Gasteiger charge is 2.25. The number of imidazole rings is 1. The van der Waals surface area contributed by atoms with Crippen molar-refractivity contribution in [1.29, 1.82) is 0 Å². The molecule has 1 heterocycles. The second-order valence-corrected chi connectivity index (χ2v) is 4.42. The number of aromatic amines is 1. The van der Waals surface area contributed by atoms with Gasteiger partial charge in [0.05, 0.1) is 30.4 Å². The quantitative estimate of drug-likeness (QED) is 0.827. The Morgan fingerprint density at radius 3 is 2.82 bits per heavy atom. The van der Waals surface area contributed by atoms with Crippen LogP contribution in [0.4, 0.5) is 0 Å². The molecule has 0 fully saturated rings. The zero-order valence-electron chi connectivity index (χ0n) is 10.2. The first kappa shape index (κ1) is 11.6. The number of hydrogen-bond donors (Lipinski definition) is 1. The number of carbonyl (C=O) groups excluding carboxylic acids is 1. The van der Waals surface area contributed by atoms with Crippen molar-refractivity contribution in [3.63, 3.8) is 0 Å². The van der Waals surface area contributed by atoms with Crippen LogP contribution in [0, 0.1) is 5.92 Å². The molecule has 1 aromatic heterocycles. The number of methoxy groups -OCH3 is 1. The summed E-state index contributed by atoms with van der Waals surface area (Å²) in [6.07, 6.45) is 1.65. The molecule has 0 saturated heterocycles. The van der Waals surface area contributed by atoms with Crippen molar-refractivity contribution < 1.29 is 9.53 Å². The average molecular weight is 232 g/mol. The Morgan fingerprint density at radius 1 is 1.41 bits per heavy atom. The van der Waals surface area contributed by atoms with Crippen molar-refractivity contribution in [2.75, 3.05) is 7.11 Å². The number of esters is 1. The van der Waals surface area contributed by atoms with Gasteiger partial charge in [-0.25, -0.2) is 4.98 Å². The molecule has 1 atom stereocenters. The molecule has 2 aromatic rings. The van der Waals surface area contributed by atoms with Crippen molar-refractivity contribution in [1.82, 2.24) is 9.97 Å². The minimum absolute atomic E-state index is 0.195. The molecule has 4 nitrogen and oxygen atoms in total. The Kier molecular flexibility index (Phi) is 3.13. The first-order chi connectivity index (χ1) is 8.13. The van der Waals surface area contributed by atoms with E-state index in [-0.39, 0.29) is 17.8 Å². The van der Waals surface area contributed by atoms with Crippen molar-refractivity contribution in [3.05, 3.63) is 30.1 Å². The van der Waals surface area contributed by atoms with Crippen molar-refractivity contribution >= 4 is 17.0 Å². The second kappa shape index (κ2) is 4.57. The number of nitrogens with one attached hydrogen (secondary N) is 1. The third kappa shape index (κ3) is 2.16. The second-order valence-electron chi connectivity index (χ2n) is 4.42. The molecule has 0 amide bonds. The lowest BCUT2D eigenvalue weighted by Crippen LogP contribution is -2.19. The normalized spacial score (nSPS) is 12.9. The summed E-state index contributed by atoms with van der Waals surface area (Å²) in [7, 11) is 1.42. The topological polar surface area (TPSA) is 55.0 Å². The Bertz CT molecular complexity index is 531. The number of rotatable bonds is 3. The fourth-order valence-corrected chi connectivity index (χ4v) is 2.07. The summed E-state index contributed by atoms with van der Waals surface area (Å²) in [5.74, 6) is -0.227. The average Bonchev–Trinajstić information content (AvgIpc) is 2.75. The zero-order chi connectivity index (χ0) is 12.4.